The van der Waals surface area contributed by atoms with E-state index in [1.807, 2.05) is 17.0 Å². The van der Waals surface area contributed by atoms with Gasteiger partial charge in [0.1, 0.15) is 11.3 Å². The van der Waals surface area contributed by atoms with Gasteiger partial charge >= 0.3 is 0 Å². The van der Waals surface area contributed by atoms with Crippen molar-refractivity contribution >= 4 is 5.78 Å². The molecule has 4 aliphatic carbocycles. The number of aryl methyl sites for hydroxylation is 1. The van der Waals surface area contributed by atoms with Gasteiger partial charge in [-0.25, -0.2) is 0 Å². The number of carbonyl (C=O) groups is 1. The summed E-state index contributed by atoms with van der Waals surface area (Å²) in [4.78, 5) is 12.0. The molecule has 0 bridgehead atoms. The Balaban J connectivity index is 1.44. The Morgan fingerprint density at radius 2 is 2.13 bits per heavy atom. The maximum atomic E-state index is 12.0. The van der Waals surface area contributed by atoms with Gasteiger partial charge in [0.2, 0.25) is 0 Å². The molecule has 0 spiro atoms. The quantitative estimate of drug-likeness (QED) is 0.792. The fraction of sp³-hybridized carbons (Fsp3) is 0.792. The van der Waals surface area contributed by atoms with Gasteiger partial charge in [-0.2, -0.15) is 0 Å². The lowest BCUT2D eigenvalue weighted by atomic mass is 9.48. The molecule has 4 unspecified atom stereocenters. The van der Waals surface area contributed by atoms with Crippen molar-refractivity contribution in [1.82, 2.24) is 15.0 Å². The van der Waals surface area contributed by atoms with Crippen LogP contribution in [0.5, 0.6) is 0 Å². The lowest BCUT2D eigenvalue weighted by Crippen LogP contribution is -2.53. The zero-order valence-corrected chi connectivity index (χ0v) is 18.4. The van der Waals surface area contributed by atoms with Crippen LogP contribution in [0.2, 0.25) is 0 Å². The van der Waals surface area contributed by atoms with E-state index in [1.165, 1.54) is 5.57 Å². The summed E-state index contributed by atoms with van der Waals surface area (Å²) in [6.07, 6.45) is 11.6. The Labute approximate surface area is 179 Å². The topological polar surface area (TPSA) is 94.0 Å². The van der Waals surface area contributed by atoms with Crippen LogP contribution in [0.3, 0.4) is 0 Å². The number of carbonyl (C=O) groups excluding carboxylic acids is 1. The number of fused-ring (bicyclic) bond motifs is 5. The lowest BCUT2D eigenvalue weighted by Gasteiger charge is -2.57. The van der Waals surface area contributed by atoms with Crippen molar-refractivity contribution in [3.8, 4) is 0 Å². The molecule has 6 nitrogen and oxygen atoms in total. The minimum absolute atomic E-state index is 0.164. The molecule has 0 saturated heterocycles. The van der Waals surface area contributed by atoms with Crippen molar-refractivity contribution in [2.45, 2.75) is 77.4 Å². The van der Waals surface area contributed by atoms with Crippen molar-refractivity contribution in [2.24, 2.45) is 40.7 Å². The predicted octanol–water partition coefficient (Wildman–Crippen LogP) is 3.20. The van der Waals surface area contributed by atoms with Crippen LogP contribution >= 0.6 is 0 Å². The smallest absolute Gasteiger partial charge is 0.155 e. The largest absolute Gasteiger partial charge is 0.383 e. The average molecular weight is 413 g/mol. The van der Waals surface area contributed by atoms with Gasteiger partial charge in [0, 0.05) is 18.4 Å². The number of aliphatic hydroxyl groups is 1. The van der Waals surface area contributed by atoms with Gasteiger partial charge in [0.25, 0.3) is 0 Å². The van der Waals surface area contributed by atoms with Gasteiger partial charge < -0.3 is 10.8 Å². The average Bonchev–Trinajstić information content (AvgIpc) is 3.30. The number of hydrogen-bond acceptors (Lipinski definition) is 5. The van der Waals surface area contributed by atoms with E-state index < -0.39 is 5.60 Å². The first kappa shape index (κ1) is 20.4. The van der Waals surface area contributed by atoms with E-state index in [0.717, 1.165) is 57.2 Å². The first-order chi connectivity index (χ1) is 14.4. The number of hydrogen-bond donors (Lipinski definition) is 2. The normalized spacial score (nSPS) is 43.0. The first-order valence-corrected chi connectivity index (χ1v) is 11.9. The van der Waals surface area contributed by atoms with E-state index in [-0.39, 0.29) is 5.41 Å². The Bertz CT molecular complexity index is 863. The molecule has 1 heterocycles. The first-order valence-electron chi connectivity index (χ1n) is 11.9. The van der Waals surface area contributed by atoms with Gasteiger partial charge in [-0.3, -0.25) is 9.48 Å². The summed E-state index contributed by atoms with van der Waals surface area (Å²) in [6, 6.07) is 0. The molecule has 0 amide bonds. The van der Waals surface area contributed by atoms with E-state index in [0.29, 0.717) is 48.3 Å². The van der Waals surface area contributed by atoms with Gasteiger partial charge in [-0.15, -0.1) is 5.10 Å². The summed E-state index contributed by atoms with van der Waals surface area (Å²) in [5, 5.41) is 20.7. The molecule has 1 aromatic heterocycles. The third-order valence-electron chi connectivity index (χ3n) is 9.35. The van der Waals surface area contributed by atoms with Crippen LogP contribution in [0, 0.1) is 35.0 Å². The fourth-order valence-corrected chi connectivity index (χ4v) is 7.88. The van der Waals surface area contributed by atoms with Crippen LogP contribution < -0.4 is 5.73 Å². The van der Waals surface area contributed by atoms with E-state index in [4.69, 9.17) is 5.73 Å². The molecular formula is C24H36N4O2. The molecule has 0 aliphatic heterocycles. The van der Waals surface area contributed by atoms with Crippen molar-refractivity contribution < 1.29 is 9.90 Å². The minimum Gasteiger partial charge on any atom is -0.383 e. The van der Waals surface area contributed by atoms with Gasteiger partial charge in [-0.1, -0.05) is 24.6 Å². The second-order valence-electron chi connectivity index (χ2n) is 10.7. The Morgan fingerprint density at radius 3 is 2.93 bits per heavy atom. The van der Waals surface area contributed by atoms with Crippen LogP contribution in [0.4, 0.5) is 0 Å². The highest BCUT2D eigenvalue weighted by atomic mass is 16.3. The van der Waals surface area contributed by atoms with Crippen LogP contribution in [-0.2, 0) is 16.9 Å². The van der Waals surface area contributed by atoms with Gasteiger partial charge in [0.05, 0.1) is 6.20 Å². The van der Waals surface area contributed by atoms with Crippen LogP contribution in [0.15, 0.2) is 17.8 Å². The molecule has 7 atom stereocenters. The van der Waals surface area contributed by atoms with E-state index in [2.05, 4.69) is 24.2 Å². The molecule has 3 N–H and O–H groups in total. The third-order valence-corrected chi connectivity index (χ3v) is 9.35. The van der Waals surface area contributed by atoms with E-state index >= 15 is 0 Å². The predicted molar refractivity (Wildman–Crippen MR) is 114 cm³/mol. The molecule has 6 heteroatoms. The monoisotopic (exact) mass is 412 g/mol. The molecule has 3 fully saturated rings. The van der Waals surface area contributed by atoms with Crippen molar-refractivity contribution in [1.29, 1.82) is 0 Å². The number of allylic oxidation sites excluding steroid dienone is 1. The molecular weight excluding hydrogens is 376 g/mol. The maximum Gasteiger partial charge on any atom is 0.155 e. The lowest BCUT2D eigenvalue weighted by molar-refractivity contribution is -0.134. The Morgan fingerprint density at radius 1 is 1.30 bits per heavy atom. The van der Waals surface area contributed by atoms with Crippen LogP contribution in [0.25, 0.3) is 0 Å². The number of nitrogens with two attached hydrogens (primary N) is 1. The Hall–Kier alpha value is -1.53. The summed E-state index contributed by atoms with van der Waals surface area (Å²) < 4.78 is 1.84. The SMILES string of the molecule is C[C@@H]1CC2=CC(=O)CCC2C2CC[C@@]3(C)C(CC[C@@]3(O)c3cn(CCCN)nn3)C21. The molecule has 164 valence electrons. The zero-order valence-electron chi connectivity index (χ0n) is 18.4. The zero-order chi connectivity index (χ0) is 21.1. The van der Waals surface area contributed by atoms with Crippen molar-refractivity contribution in [2.75, 3.05) is 6.54 Å². The maximum absolute atomic E-state index is 12.0. The standard InChI is InChI=1S/C24H36N4O2/c1-15-12-16-13-17(29)4-5-18(16)19-6-8-23(2)20(22(15)19)7-9-24(23,30)21-14-28(27-26-21)11-3-10-25/h13-15,18-20,22,30H,3-12,25H2,1-2H3/t15-,18?,19?,20?,22?,23+,24-/m1/s1. The number of ketones is 1. The minimum atomic E-state index is -0.901. The Kier molecular flexibility index (Phi) is 4.93. The summed E-state index contributed by atoms with van der Waals surface area (Å²) in [5.74, 6) is 3.26. The third kappa shape index (κ3) is 2.86. The molecule has 4 aliphatic rings. The van der Waals surface area contributed by atoms with E-state index in [1.54, 1.807) is 0 Å². The molecule has 1 aromatic rings. The number of nitrogens with zero attached hydrogens (tertiary/aromatic N) is 3. The summed E-state index contributed by atoms with van der Waals surface area (Å²) in [7, 11) is 0. The van der Waals surface area contributed by atoms with Crippen molar-refractivity contribution in [3.63, 3.8) is 0 Å². The van der Waals surface area contributed by atoms with Crippen LogP contribution in [0.1, 0.15) is 70.9 Å². The van der Waals surface area contributed by atoms with E-state index in [9.17, 15) is 9.90 Å². The molecule has 0 aromatic carbocycles. The second-order valence-corrected chi connectivity index (χ2v) is 10.7. The summed E-state index contributed by atoms with van der Waals surface area (Å²) in [5.41, 5.74) is 6.73. The highest BCUT2D eigenvalue weighted by Gasteiger charge is 2.64. The van der Waals surface area contributed by atoms with Gasteiger partial charge in [0.15, 0.2) is 5.78 Å². The molecule has 3 saturated carbocycles. The van der Waals surface area contributed by atoms with Crippen LogP contribution in [-0.4, -0.2) is 32.4 Å². The number of aromatic nitrogens is 3. The summed E-state index contributed by atoms with van der Waals surface area (Å²) >= 11 is 0. The van der Waals surface area contributed by atoms with Crippen molar-refractivity contribution in [3.05, 3.63) is 23.5 Å². The second kappa shape index (κ2) is 7.27. The fourth-order valence-electron chi connectivity index (χ4n) is 7.88. The summed E-state index contributed by atoms with van der Waals surface area (Å²) in [6.45, 7) is 6.06. The molecule has 30 heavy (non-hydrogen) atoms. The number of rotatable bonds is 4. The van der Waals surface area contributed by atoms with Gasteiger partial charge in [-0.05, 0) is 87.2 Å². The highest BCUT2D eigenvalue weighted by molar-refractivity contribution is 5.91. The highest BCUT2D eigenvalue weighted by Crippen LogP contribution is 2.68. The molecule has 0 radical (unpaired) electrons. The molecule has 5 rings (SSSR count).